The highest BCUT2D eigenvalue weighted by molar-refractivity contribution is 6.33. The van der Waals surface area contributed by atoms with Gasteiger partial charge in [0.15, 0.2) is 5.65 Å². The fourth-order valence-electron chi connectivity index (χ4n) is 2.43. The molecule has 2 aromatic rings. The van der Waals surface area contributed by atoms with Crippen LogP contribution in [0.5, 0.6) is 0 Å². The second-order valence-electron chi connectivity index (χ2n) is 4.62. The zero-order valence-corrected chi connectivity index (χ0v) is 10.5. The van der Waals surface area contributed by atoms with Gasteiger partial charge in [-0.05, 0) is 38.1 Å². The molecule has 1 saturated heterocycles. The minimum Gasteiger partial charge on any atom is -0.306 e. The molecule has 90 valence electrons. The average Bonchev–Trinajstić information content (AvgIpc) is 2.95. The molecule has 0 unspecified atom stereocenters. The molecular weight excluding hydrogens is 234 g/mol. The van der Waals surface area contributed by atoms with Gasteiger partial charge in [-0.2, -0.15) is 0 Å². The summed E-state index contributed by atoms with van der Waals surface area (Å²) in [5.41, 5.74) is 2.00. The van der Waals surface area contributed by atoms with Gasteiger partial charge < -0.3 is 9.30 Å². The third-order valence-corrected chi connectivity index (χ3v) is 3.66. The quantitative estimate of drug-likeness (QED) is 0.834. The van der Waals surface area contributed by atoms with Crippen molar-refractivity contribution in [1.29, 1.82) is 0 Å². The smallest absolute Gasteiger partial charge is 0.155 e. The van der Waals surface area contributed by atoms with Crippen LogP contribution in [0.4, 0.5) is 0 Å². The number of rotatable bonds is 3. The molecular formula is C13H16ClN3. The Hall–Kier alpha value is -1.06. The van der Waals surface area contributed by atoms with Gasteiger partial charge in [0.25, 0.3) is 0 Å². The Morgan fingerprint density at radius 1 is 1.29 bits per heavy atom. The minimum absolute atomic E-state index is 0.722. The van der Waals surface area contributed by atoms with E-state index in [-0.39, 0.29) is 0 Å². The molecule has 0 radical (unpaired) electrons. The molecule has 0 bridgehead atoms. The summed E-state index contributed by atoms with van der Waals surface area (Å²) in [4.78, 5) is 7.08. The number of imidazole rings is 1. The predicted octanol–water partition coefficient (Wildman–Crippen LogP) is 2.63. The van der Waals surface area contributed by atoms with E-state index in [9.17, 15) is 0 Å². The first-order valence-corrected chi connectivity index (χ1v) is 6.55. The van der Waals surface area contributed by atoms with Gasteiger partial charge in [0.2, 0.25) is 0 Å². The van der Waals surface area contributed by atoms with Gasteiger partial charge in [-0.3, -0.25) is 0 Å². The first kappa shape index (κ1) is 11.1. The molecule has 1 aliphatic heterocycles. The van der Waals surface area contributed by atoms with Crippen molar-refractivity contribution in [2.24, 2.45) is 0 Å². The number of hydrogen-bond donors (Lipinski definition) is 0. The van der Waals surface area contributed by atoms with Gasteiger partial charge in [-0.1, -0.05) is 11.6 Å². The summed E-state index contributed by atoms with van der Waals surface area (Å²) in [6.45, 7) is 3.60. The van der Waals surface area contributed by atoms with Crippen molar-refractivity contribution in [3.05, 3.63) is 35.2 Å². The number of pyridine rings is 1. The monoisotopic (exact) mass is 249 g/mol. The molecule has 0 spiro atoms. The van der Waals surface area contributed by atoms with E-state index >= 15 is 0 Å². The Bertz CT molecular complexity index is 514. The van der Waals surface area contributed by atoms with Crippen LogP contribution in [0.3, 0.4) is 0 Å². The van der Waals surface area contributed by atoms with Crippen LogP contribution in [-0.4, -0.2) is 33.9 Å². The van der Waals surface area contributed by atoms with Gasteiger partial charge in [0, 0.05) is 25.4 Å². The molecule has 1 aliphatic rings. The standard InChI is InChI=1S/C13H16ClN3/c14-12-4-3-8-17-10-11(15-13(12)17)5-9-16-6-1-2-7-16/h3-4,8,10H,1-2,5-7,9H2. The van der Waals surface area contributed by atoms with Crippen LogP contribution < -0.4 is 0 Å². The van der Waals surface area contributed by atoms with E-state index in [0.717, 1.165) is 29.3 Å². The van der Waals surface area contributed by atoms with Crippen LogP contribution in [0.2, 0.25) is 5.02 Å². The second kappa shape index (κ2) is 4.67. The largest absolute Gasteiger partial charge is 0.306 e. The first-order chi connectivity index (χ1) is 8.33. The second-order valence-corrected chi connectivity index (χ2v) is 5.03. The molecule has 1 fully saturated rings. The molecule has 0 aliphatic carbocycles. The molecule has 17 heavy (non-hydrogen) atoms. The zero-order chi connectivity index (χ0) is 11.7. The molecule has 0 atom stereocenters. The van der Waals surface area contributed by atoms with Crippen molar-refractivity contribution in [1.82, 2.24) is 14.3 Å². The highest BCUT2D eigenvalue weighted by atomic mass is 35.5. The van der Waals surface area contributed by atoms with Gasteiger partial charge in [0.05, 0.1) is 10.7 Å². The van der Waals surface area contributed by atoms with Crippen molar-refractivity contribution < 1.29 is 0 Å². The molecule has 2 aromatic heterocycles. The van der Waals surface area contributed by atoms with E-state index in [1.807, 2.05) is 22.7 Å². The van der Waals surface area contributed by atoms with Crippen LogP contribution in [0.25, 0.3) is 5.65 Å². The highest BCUT2D eigenvalue weighted by Gasteiger charge is 2.12. The summed E-state index contributed by atoms with van der Waals surface area (Å²) in [5.74, 6) is 0. The van der Waals surface area contributed by atoms with E-state index in [2.05, 4.69) is 16.1 Å². The third-order valence-electron chi connectivity index (χ3n) is 3.37. The Balaban J connectivity index is 1.74. The predicted molar refractivity (Wildman–Crippen MR) is 69.6 cm³/mol. The van der Waals surface area contributed by atoms with Gasteiger partial charge in [-0.15, -0.1) is 0 Å². The van der Waals surface area contributed by atoms with Crippen LogP contribution in [0.15, 0.2) is 24.5 Å². The molecule has 0 saturated carbocycles. The highest BCUT2D eigenvalue weighted by Crippen LogP contribution is 2.17. The topological polar surface area (TPSA) is 20.5 Å². The van der Waals surface area contributed by atoms with Crippen molar-refractivity contribution in [3.63, 3.8) is 0 Å². The van der Waals surface area contributed by atoms with E-state index in [4.69, 9.17) is 11.6 Å². The van der Waals surface area contributed by atoms with Crippen LogP contribution in [-0.2, 0) is 6.42 Å². The number of likely N-dealkylation sites (tertiary alicyclic amines) is 1. The number of fused-ring (bicyclic) bond motifs is 1. The summed E-state index contributed by atoms with van der Waals surface area (Å²) in [6.07, 6.45) is 7.77. The summed E-state index contributed by atoms with van der Waals surface area (Å²) in [7, 11) is 0. The summed E-state index contributed by atoms with van der Waals surface area (Å²) in [5, 5.41) is 0.722. The fourth-order valence-corrected chi connectivity index (χ4v) is 2.64. The number of aromatic nitrogens is 2. The summed E-state index contributed by atoms with van der Waals surface area (Å²) in [6, 6.07) is 3.83. The van der Waals surface area contributed by atoms with E-state index in [1.165, 1.54) is 25.9 Å². The van der Waals surface area contributed by atoms with Crippen LogP contribution in [0, 0.1) is 0 Å². The van der Waals surface area contributed by atoms with Crippen LogP contribution >= 0.6 is 11.6 Å². The lowest BCUT2D eigenvalue weighted by atomic mass is 10.3. The molecule has 3 heterocycles. The lowest BCUT2D eigenvalue weighted by molar-refractivity contribution is 0.342. The first-order valence-electron chi connectivity index (χ1n) is 6.17. The number of hydrogen-bond acceptors (Lipinski definition) is 2. The Morgan fingerprint density at radius 2 is 2.12 bits per heavy atom. The number of halogens is 1. The Morgan fingerprint density at radius 3 is 2.88 bits per heavy atom. The summed E-state index contributed by atoms with van der Waals surface area (Å²) >= 11 is 6.10. The molecule has 0 aromatic carbocycles. The maximum Gasteiger partial charge on any atom is 0.155 e. The van der Waals surface area contributed by atoms with Gasteiger partial charge in [0.1, 0.15) is 0 Å². The average molecular weight is 250 g/mol. The van der Waals surface area contributed by atoms with Gasteiger partial charge in [-0.25, -0.2) is 4.98 Å². The van der Waals surface area contributed by atoms with E-state index < -0.39 is 0 Å². The zero-order valence-electron chi connectivity index (χ0n) is 9.77. The van der Waals surface area contributed by atoms with Crippen LogP contribution in [0.1, 0.15) is 18.5 Å². The third kappa shape index (κ3) is 2.31. The molecule has 4 heteroatoms. The van der Waals surface area contributed by atoms with E-state index in [1.54, 1.807) is 0 Å². The maximum absolute atomic E-state index is 6.10. The lowest BCUT2D eigenvalue weighted by Crippen LogP contribution is -2.21. The van der Waals surface area contributed by atoms with Crippen molar-refractivity contribution in [3.8, 4) is 0 Å². The maximum atomic E-state index is 6.10. The van der Waals surface area contributed by atoms with Gasteiger partial charge >= 0.3 is 0 Å². The number of nitrogens with zero attached hydrogens (tertiary/aromatic N) is 3. The van der Waals surface area contributed by atoms with Crippen molar-refractivity contribution in [2.75, 3.05) is 19.6 Å². The van der Waals surface area contributed by atoms with E-state index in [0.29, 0.717) is 0 Å². The molecule has 0 N–H and O–H groups in total. The van der Waals surface area contributed by atoms with Crippen molar-refractivity contribution >= 4 is 17.2 Å². The SMILES string of the molecule is Clc1cccn2cc(CCN3CCCC3)nc12. The molecule has 0 amide bonds. The Kier molecular flexibility index (Phi) is 3.04. The Labute approximate surface area is 106 Å². The normalized spacial score (nSPS) is 17.0. The molecule has 3 nitrogen and oxygen atoms in total. The molecule has 3 rings (SSSR count). The fraction of sp³-hybridized carbons (Fsp3) is 0.462. The lowest BCUT2D eigenvalue weighted by Gasteiger charge is -2.12. The minimum atomic E-state index is 0.722. The summed E-state index contributed by atoms with van der Waals surface area (Å²) < 4.78 is 2.00. The van der Waals surface area contributed by atoms with Crippen molar-refractivity contribution in [2.45, 2.75) is 19.3 Å².